The van der Waals surface area contributed by atoms with Gasteiger partial charge in [-0.3, -0.25) is 29.0 Å². The van der Waals surface area contributed by atoms with Gasteiger partial charge in [-0.25, -0.2) is 16.8 Å². The topological polar surface area (TPSA) is 208 Å². The Morgan fingerprint density at radius 1 is 0.367 bits per heavy atom. The zero-order valence-electron chi connectivity index (χ0n) is 61.3. The van der Waals surface area contributed by atoms with Gasteiger partial charge in [0.2, 0.25) is 31.9 Å². The van der Waals surface area contributed by atoms with Crippen LogP contribution in [0.1, 0.15) is 55.1 Å². The zero-order chi connectivity index (χ0) is 76.4. The summed E-state index contributed by atoms with van der Waals surface area (Å²) in [7, 11) is -2.26. The molecule has 14 rings (SSSR count). The number of nitrogens with zero attached hydrogens (tertiary/aromatic N) is 7. The first kappa shape index (κ1) is 78.1. The second kappa shape index (κ2) is 36.6. The Kier molecular flexibility index (Phi) is 26.2. The third kappa shape index (κ3) is 18.4. The summed E-state index contributed by atoms with van der Waals surface area (Å²) in [5.41, 5.74) is 9.96. The number of nitrogens with one attached hydrogen (secondary N) is 1. The lowest BCUT2D eigenvalue weighted by Gasteiger charge is -2.44. The summed E-state index contributed by atoms with van der Waals surface area (Å²) < 4.78 is 80.1. The number of sulfonamides is 2. The van der Waals surface area contributed by atoms with Crippen molar-refractivity contribution in [1.29, 1.82) is 0 Å². The fraction of sp³-hybridized carbons (Fsp3) is 0.256. The number of rotatable bonds is 20. The van der Waals surface area contributed by atoms with E-state index in [9.17, 15) is 36.0 Å². The molecule has 4 aliphatic rings. The fourth-order valence-corrected chi connectivity index (χ4v) is 17.8. The van der Waals surface area contributed by atoms with Crippen LogP contribution in [0, 0.1) is 0 Å². The third-order valence-electron chi connectivity index (χ3n) is 20.2. The molecule has 4 heterocycles. The van der Waals surface area contributed by atoms with Crippen molar-refractivity contribution >= 4 is 54.6 Å². The van der Waals surface area contributed by atoms with Gasteiger partial charge in [0.25, 0.3) is 11.1 Å². The molecule has 0 radical (unpaired) electrons. The van der Waals surface area contributed by atoms with Gasteiger partial charge in [-0.1, -0.05) is 206 Å². The Labute approximate surface area is 643 Å². The number of hydrogen-bond donors (Lipinski definition) is 1. The molecule has 2 unspecified atom stereocenters. The van der Waals surface area contributed by atoms with Gasteiger partial charge in [0, 0.05) is 115 Å². The van der Waals surface area contributed by atoms with E-state index in [0.29, 0.717) is 87.3 Å². The number of halogens is 1. The molecular weight excluding hydrogens is 1440 g/mol. The second-order valence-corrected chi connectivity index (χ2v) is 30.7. The van der Waals surface area contributed by atoms with Gasteiger partial charge in [0.05, 0.1) is 50.3 Å². The van der Waals surface area contributed by atoms with Crippen molar-refractivity contribution < 1.29 is 55.0 Å². The smallest absolute Gasteiger partial charge is 0.253 e. The number of benzene rings is 10. The predicted molar refractivity (Wildman–Crippen MR) is 423 cm³/mol. The van der Waals surface area contributed by atoms with Gasteiger partial charge in [-0.15, -0.1) is 0 Å². The predicted octanol–water partition coefficient (Wildman–Crippen LogP) is 12.2. The van der Waals surface area contributed by atoms with Crippen LogP contribution in [-0.2, 0) is 29.6 Å². The first-order valence-corrected chi connectivity index (χ1v) is 39.5. The molecule has 23 heteroatoms. The highest BCUT2D eigenvalue weighted by Gasteiger charge is 2.45. The molecule has 3 amide bonds. The summed E-state index contributed by atoms with van der Waals surface area (Å²) in [5, 5.41) is 2.79. The van der Waals surface area contributed by atoms with Crippen LogP contribution in [0.3, 0.4) is 0 Å². The molecule has 4 saturated heterocycles. The largest absolute Gasteiger partial charge is 0.493 e. The van der Waals surface area contributed by atoms with Gasteiger partial charge >= 0.3 is 0 Å². The van der Waals surface area contributed by atoms with Gasteiger partial charge in [0.15, 0.2) is 23.0 Å². The zero-order valence-corrected chi connectivity index (χ0v) is 63.7. The molecule has 4 fully saturated rings. The van der Waals surface area contributed by atoms with Crippen molar-refractivity contribution in [3.63, 3.8) is 0 Å². The highest BCUT2D eigenvalue weighted by molar-refractivity contribution is 7.89. The molecule has 0 aromatic heterocycles. The second-order valence-electron chi connectivity index (χ2n) is 26.6. The standard InChI is InChI=1S/C43H44N4O6S.C30H36N4O5S.C13H9ClO/c1-52-39-23-22-37(30-40(39)53-2)54(50,51)47-29-28-46(42(48)36-20-18-33(19-21-36)32-12-6-3-7-13-32)31-38(47)43(49)45-26-24-44(25-27-45)41(34-14-8-4-9-15-34)35-16-10-5-11-17-35;1-38-27-14-13-25(21-28(27)39-2)40(36,37)34-16-15-31-22-26(34)30(35)33-19-17-32(18-20-33)29(23-9-5-3-6-10-23)24-11-7-4-8-12-24;14-13(15)12-8-6-11(7-9-12)10-4-2-1-3-5-10/h3-23,30,38,41H,24-29,31H2,1-2H3;3-14,21,26,29,31H,15-20,22H2,1-2H3;1-9H. The first-order valence-electron chi connectivity index (χ1n) is 36.2. The molecule has 10 aromatic rings. The summed E-state index contributed by atoms with van der Waals surface area (Å²) in [6, 6.07) is 83.0. The molecule has 10 aromatic carbocycles. The van der Waals surface area contributed by atoms with E-state index in [1.807, 2.05) is 133 Å². The minimum Gasteiger partial charge on any atom is -0.493 e. The van der Waals surface area contributed by atoms with Crippen LogP contribution in [0.5, 0.6) is 23.0 Å². The summed E-state index contributed by atoms with van der Waals surface area (Å²) >= 11 is 5.36. The van der Waals surface area contributed by atoms with Crippen molar-refractivity contribution in [2.45, 2.75) is 34.0 Å². The van der Waals surface area contributed by atoms with E-state index >= 15 is 0 Å². The van der Waals surface area contributed by atoms with E-state index in [-0.39, 0.29) is 78.1 Å². The number of hydrogen-bond acceptors (Lipinski definition) is 15. The minimum absolute atomic E-state index is 0.00246. The van der Waals surface area contributed by atoms with Crippen LogP contribution in [0.25, 0.3) is 22.3 Å². The summed E-state index contributed by atoms with van der Waals surface area (Å²) in [4.78, 5) is 63.2. The Balaban J connectivity index is 0.000000175. The molecule has 0 saturated carbocycles. The molecular formula is C86H89ClN8O12S2. The molecule has 4 aliphatic heterocycles. The Morgan fingerprint density at radius 2 is 0.697 bits per heavy atom. The maximum absolute atomic E-state index is 14.6. The third-order valence-corrected chi connectivity index (χ3v) is 24.2. The van der Waals surface area contributed by atoms with Crippen molar-refractivity contribution in [3.8, 4) is 45.3 Å². The van der Waals surface area contributed by atoms with Crippen LogP contribution in [0.4, 0.5) is 0 Å². The van der Waals surface area contributed by atoms with Crippen LogP contribution in [0.15, 0.2) is 277 Å². The van der Waals surface area contributed by atoms with E-state index in [2.05, 4.69) is 87.9 Å². The highest BCUT2D eigenvalue weighted by Crippen LogP contribution is 2.37. The average Bonchev–Trinajstić information content (AvgIpc) is 0.780. The van der Waals surface area contributed by atoms with E-state index in [0.717, 1.165) is 33.4 Å². The maximum Gasteiger partial charge on any atom is 0.253 e. The summed E-state index contributed by atoms with van der Waals surface area (Å²) in [6.45, 7) is 5.34. The van der Waals surface area contributed by atoms with Crippen molar-refractivity contribution in [1.82, 2.24) is 38.4 Å². The number of ether oxygens (including phenoxy) is 4. The molecule has 564 valence electrons. The van der Waals surface area contributed by atoms with Crippen LogP contribution < -0.4 is 24.3 Å². The van der Waals surface area contributed by atoms with Crippen molar-refractivity contribution in [3.05, 3.63) is 300 Å². The lowest BCUT2D eigenvalue weighted by molar-refractivity contribution is -0.139. The first-order chi connectivity index (χ1) is 53.0. The molecule has 2 atom stereocenters. The van der Waals surface area contributed by atoms with E-state index < -0.39 is 37.4 Å². The Bertz CT molecular complexity index is 4840. The normalized spacial score (nSPS) is 16.7. The van der Waals surface area contributed by atoms with E-state index in [1.54, 1.807) is 45.0 Å². The monoisotopic (exact) mass is 1520 g/mol. The molecule has 0 bridgehead atoms. The van der Waals surface area contributed by atoms with Gasteiger partial charge < -0.3 is 39.0 Å². The molecule has 0 spiro atoms. The van der Waals surface area contributed by atoms with Gasteiger partial charge in [0.1, 0.15) is 12.1 Å². The number of methoxy groups -OCH3 is 4. The number of amides is 3. The average molecular weight is 1530 g/mol. The summed E-state index contributed by atoms with van der Waals surface area (Å²) in [6.07, 6.45) is 0. The Morgan fingerprint density at radius 3 is 1.06 bits per heavy atom. The van der Waals surface area contributed by atoms with E-state index in [4.69, 9.17) is 30.5 Å². The lowest BCUT2D eigenvalue weighted by atomic mass is 9.96. The molecule has 0 aliphatic carbocycles. The minimum atomic E-state index is -4.20. The lowest BCUT2D eigenvalue weighted by Crippen LogP contribution is -2.63. The molecule has 20 nitrogen and oxygen atoms in total. The van der Waals surface area contributed by atoms with Gasteiger partial charge in [-0.05, 0) is 105 Å². The van der Waals surface area contributed by atoms with Gasteiger partial charge in [-0.2, -0.15) is 8.61 Å². The van der Waals surface area contributed by atoms with Crippen molar-refractivity contribution in [2.24, 2.45) is 0 Å². The Hall–Kier alpha value is -10.5. The van der Waals surface area contributed by atoms with Crippen molar-refractivity contribution in [2.75, 3.05) is 120 Å². The highest BCUT2D eigenvalue weighted by atomic mass is 35.5. The molecule has 109 heavy (non-hydrogen) atoms. The summed E-state index contributed by atoms with van der Waals surface area (Å²) in [5.74, 6) is 0.657. The maximum atomic E-state index is 14.6. The molecule has 1 N–H and O–H groups in total. The van der Waals surface area contributed by atoms with Crippen LogP contribution >= 0.6 is 11.6 Å². The number of carbonyl (C=O) groups excluding carboxylic acids is 4. The quantitative estimate of drug-likeness (QED) is 0.0704. The SMILES string of the molecule is COc1ccc(S(=O)(=O)N2CCN(C(=O)c3ccc(-c4ccccc4)cc3)CC2C(=O)N2CCN(C(c3ccccc3)c3ccccc3)CC2)cc1OC.COc1ccc(S(=O)(=O)N2CCNCC2C(=O)N2CCN(C(c3ccccc3)c3ccccc3)CC2)cc1OC.O=C(Cl)c1ccc(-c2ccccc2)cc1. The fourth-order valence-electron chi connectivity index (χ4n) is 14.5. The van der Waals surface area contributed by atoms with Crippen LogP contribution in [-0.4, -0.2) is 205 Å². The van der Waals surface area contributed by atoms with E-state index in [1.165, 1.54) is 78.5 Å². The number of carbonyl (C=O) groups is 4. The van der Waals surface area contributed by atoms with Crippen LogP contribution in [0.2, 0.25) is 0 Å². The number of piperazine rings is 4.